The summed E-state index contributed by atoms with van der Waals surface area (Å²) < 4.78 is 5.23. The standard InChI is InChI=1S/C14H26N2O4/c1-9(13(2,3)4)16(6)12(19)15-10-7-20-8-14(10,5)11(17)18/h9-10H,7-8H2,1-6H3,(H,15,19)(H,17,18). The van der Waals surface area contributed by atoms with Crippen LogP contribution in [0, 0.1) is 10.8 Å². The molecule has 0 aromatic carbocycles. The first-order valence-corrected chi connectivity index (χ1v) is 6.84. The summed E-state index contributed by atoms with van der Waals surface area (Å²) in [4.78, 5) is 25.2. The molecule has 1 fully saturated rings. The fraction of sp³-hybridized carbons (Fsp3) is 0.857. The SMILES string of the molecule is CC(N(C)C(=O)NC1COCC1(C)C(=O)O)C(C)(C)C. The van der Waals surface area contributed by atoms with E-state index in [0.717, 1.165) is 0 Å². The van der Waals surface area contributed by atoms with Crippen molar-refractivity contribution >= 4 is 12.0 Å². The third kappa shape index (κ3) is 3.23. The number of carboxylic acids is 1. The van der Waals surface area contributed by atoms with Crippen molar-refractivity contribution in [1.82, 2.24) is 10.2 Å². The summed E-state index contributed by atoms with van der Waals surface area (Å²) in [6.07, 6.45) is 0. The first-order valence-electron chi connectivity index (χ1n) is 6.84. The van der Waals surface area contributed by atoms with E-state index in [9.17, 15) is 14.7 Å². The molecular formula is C14H26N2O4. The van der Waals surface area contributed by atoms with Gasteiger partial charge in [0, 0.05) is 13.1 Å². The summed E-state index contributed by atoms with van der Waals surface area (Å²) in [7, 11) is 1.72. The zero-order valence-electron chi connectivity index (χ0n) is 13.2. The molecule has 1 aliphatic rings. The van der Waals surface area contributed by atoms with Gasteiger partial charge >= 0.3 is 12.0 Å². The quantitative estimate of drug-likeness (QED) is 0.825. The summed E-state index contributed by atoms with van der Waals surface area (Å²) >= 11 is 0. The van der Waals surface area contributed by atoms with Gasteiger partial charge in [0.25, 0.3) is 0 Å². The molecule has 116 valence electrons. The highest BCUT2D eigenvalue weighted by Crippen LogP contribution is 2.29. The molecule has 3 unspecified atom stereocenters. The van der Waals surface area contributed by atoms with Crippen molar-refractivity contribution in [3.8, 4) is 0 Å². The van der Waals surface area contributed by atoms with Crippen molar-refractivity contribution < 1.29 is 19.4 Å². The molecule has 3 atom stereocenters. The summed E-state index contributed by atoms with van der Waals surface area (Å²) in [6.45, 7) is 10.1. The predicted molar refractivity (Wildman–Crippen MR) is 75.6 cm³/mol. The lowest BCUT2D eigenvalue weighted by atomic mass is 9.85. The Hall–Kier alpha value is -1.30. The number of urea groups is 1. The van der Waals surface area contributed by atoms with Crippen LogP contribution < -0.4 is 5.32 Å². The number of carboxylic acid groups (broad SMARTS) is 1. The highest BCUT2D eigenvalue weighted by atomic mass is 16.5. The van der Waals surface area contributed by atoms with Crippen LogP contribution in [0.15, 0.2) is 0 Å². The first-order chi connectivity index (χ1) is 9.00. The number of nitrogens with one attached hydrogen (secondary N) is 1. The zero-order valence-corrected chi connectivity index (χ0v) is 13.2. The Bertz CT molecular complexity index is 391. The summed E-state index contributed by atoms with van der Waals surface area (Å²) in [5, 5.41) is 12.1. The molecule has 0 aromatic rings. The fourth-order valence-electron chi connectivity index (χ4n) is 2.09. The lowest BCUT2D eigenvalue weighted by molar-refractivity contribution is -0.148. The van der Waals surface area contributed by atoms with Gasteiger partial charge in [-0.3, -0.25) is 4.79 Å². The van der Waals surface area contributed by atoms with Crippen LogP contribution in [0.2, 0.25) is 0 Å². The number of hydrogen-bond acceptors (Lipinski definition) is 3. The smallest absolute Gasteiger partial charge is 0.317 e. The number of nitrogens with zero attached hydrogens (tertiary/aromatic N) is 1. The van der Waals surface area contributed by atoms with E-state index >= 15 is 0 Å². The average molecular weight is 286 g/mol. The van der Waals surface area contributed by atoms with Crippen LogP contribution in [-0.4, -0.2) is 54.4 Å². The lowest BCUT2D eigenvalue weighted by Crippen LogP contribution is -2.55. The van der Waals surface area contributed by atoms with Gasteiger partial charge in [0.05, 0.1) is 19.3 Å². The van der Waals surface area contributed by atoms with E-state index in [4.69, 9.17) is 4.74 Å². The second kappa shape index (κ2) is 5.60. The minimum absolute atomic E-state index is 0.0286. The van der Waals surface area contributed by atoms with Gasteiger partial charge in [-0.1, -0.05) is 20.8 Å². The van der Waals surface area contributed by atoms with Crippen LogP contribution in [0.1, 0.15) is 34.6 Å². The number of ether oxygens (including phenoxy) is 1. The molecule has 20 heavy (non-hydrogen) atoms. The van der Waals surface area contributed by atoms with Crippen LogP contribution >= 0.6 is 0 Å². The maximum absolute atomic E-state index is 12.3. The van der Waals surface area contributed by atoms with Crippen molar-refractivity contribution in [3.63, 3.8) is 0 Å². The number of hydrogen-bond donors (Lipinski definition) is 2. The molecule has 0 aromatic heterocycles. The van der Waals surface area contributed by atoms with Gasteiger partial charge in [0.2, 0.25) is 0 Å². The Labute approximate surface area is 120 Å². The van der Waals surface area contributed by atoms with E-state index in [1.807, 2.05) is 6.92 Å². The Morgan fingerprint density at radius 2 is 2.00 bits per heavy atom. The topological polar surface area (TPSA) is 78.9 Å². The van der Waals surface area contributed by atoms with Crippen LogP contribution in [0.4, 0.5) is 4.79 Å². The largest absolute Gasteiger partial charge is 0.481 e. The molecule has 0 radical (unpaired) electrons. The minimum atomic E-state index is -1.07. The maximum Gasteiger partial charge on any atom is 0.317 e. The van der Waals surface area contributed by atoms with Crippen molar-refractivity contribution in [2.45, 2.75) is 46.7 Å². The fourth-order valence-corrected chi connectivity index (χ4v) is 2.09. The van der Waals surface area contributed by atoms with Gasteiger partial charge in [-0.25, -0.2) is 4.79 Å². The Morgan fingerprint density at radius 3 is 2.45 bits per heavy atom. The van der Waals surface area contributed by atoms with Gasteiger partial charge in [-0.05, 0) is 19.3 Å². The van der Waals surface area contributed by atoms with Crippen LogP contribution in [0.25, 0.3) is 0 Å². The summed E-state index contributed by atoms with van der Waals surface area (Å²) in [5.41, 5.74) is -1.12. The van der Waals surface area contributed by atoms with Crippen molar-refractivity contribution in [3.05, 3.63) is 0 Å². The van der Waals surface area contributed by atoms with Gasteiger partial charge in [0.15, 0.2) is 0 Å². The highest BCUT2D eigenvalue weighted by molar-refractivity contribution is 5.79. The van der Waals surface area contributed by atoms with E-state index in [1.54, 1.807) is 18.9 Å². The second-order valence-electron chi connectivity index (χ2n) is 6.89. The Morgan fingerprint density at radius 1 is 1.45 bits per heavy atom. The van der Waals surface area contributed by atoms with Gasteiger partial charge in [0.1, 0.15) is 5.41 Å². The van der Waals surface area contributed by atoms with E-state index in [0.29, 0.717) is 0 Å². The Kier molecular flexibility index (Phi) is 4.69. The third-order valence-electron chi connectivity index (χ3n) is 4.40. The van der Waals surface area contributed by atoms with Crippen molar-refractivity contribution in [2.24, 2.45) is 10.8 Å². The maximum atomic E-state index is 12.3. The van der Waals surface area contributed by atoms with E-state index in [2.05, 4.69) is 26.1 Å². The summed E-state index contributed by atoms with van der Waals surface area (Å²) in [5.74, 6) is -0.952. The van der Waals surface area contributed by atoms with Crippen LogP contribution in [-0.2, 0) is 9.53 Å². The molecule has 1 heterocycles. The molecule has 0 spiro atoms. The first kappa shape index (κ1) is 16.8. The lowest BCUT2D eigenvalue weighted by Gasteiger charge is -2.36. The molecule has 6 heteroatoms. The molecule has 1 rings (SSSR count). The predicted octanol–water partition coefficient (Wildman–Crippen LogP) is 1.55. The molecule has 0 saturated carbocycles. The minimum Gasteiger partial charge on any atom is -0.481 e. The van der Waals surface area contributed by atoms with Crippen molar-refractivity contribution in [1.29, 1.82) is 0 Å². The molecule has 2 amide bonds. The van der Waals surface area contributed by atoms with E-state index in [1.165, 1.54) is 0 Å². The molecule has 0 bridgehead atoms. The zero-order chi connectivity index (χ0) is 15.7. The van der Waals surface area contributed by atoms with E-state index in [-0.39, 0.29) is 30.7 Å². The van der Waals surface area contributed by atoms with Crippen LogP contribution in [0.5, 0.6) is 0 Å². The molecule has 1 aliphatic heterocycles. The molecule has 1 saturated heterocycles. The normalized spacial score (nSPS) is 28.0. The number of carbonyl (C=O) groups excluding carboxylic acids is 1. The number of carbonyl (C=O) groups is 2. The summed E-state index contributed by atoms with van der Waals surface area (Å²) in [6, 6.07) is -0.751. The van der Waals surface area contributed by atoms with Crippen LogP contribution in [0.3, 0.4) is 0 Å². The van der Waals surface area contributed by atoms with E-state index < -0.39 is 17.4 Å². The monoisotopic (exact) mass is 286 g/mol. The Balaban J connectivity index is 2.74. The molecule has 6 nitrogen and oxygen atoms in total. The van der Waals surface area contributed by atoms with Crippen molar-refractivity contribution in [2.75, 3.05) is 20.3 Å². The molecule has 0 aliphatic carbocycles. The molecular weight excluding hydrogens is 260 g/mol. The second-order valence-corrected chi connectivity index (χ2v) is 6.89. The van der Waals surface area contributed by atoms with Gasteiger partial charge < -0.3 is 20.1 Å². The van der Waals surface area contributed by atoms with Gasteiger partial charge in [-0.2, -0.15) is 0 Å². The highest BCUT2D eigenvalue weighted by Gasteiger charge is 2.47. The van der Waals surface area contributed by atoms with Gasteiger partial charge in [-0.15, -0.1) is 0 Å². The number of amides is 2. The molecule has 2 N–H and O–H groups in total. The third-order valence-corrected chi connectivity index (χ3v) is 4.40. The number of rotatable bonds is 3. The number of aliphatic carboxylic acids is 1. The average Bonchev–Trinajstić information content (AvgIpc) is 2.69.